The van der Waals surface area contributed by atoms with Crippen molar-refractivity contribution >= 4 is 38.8 Å². The van der Waals surface area contributed by atoms with Crippen LogP contribution < -0.4 is 15.4 Å². The van der Waals surface area contributed by atoms with Gasteiger partial charge >= 0.3 is 0 Å². The van der Waals surface area contributed by atoms with Crippen molar-refractivity contribution in [3.63, 3.8) is 0 Å². The zero-order valence-corrected chi connectivity index (χ0v) is 15.7. The molecule has 0 saturated heterocycles. The molecule has 3 rings (SSSR count). The summed E-state index contributed by atoms with van der Waals surface area (Å²) in [5, 5.41) is 15.0. The average molecular weight is 398 g/mol. The third kappa shape index (κ3) is 4.77. The van der Waals surface area contributed by atoms with E-state index in [0.717, 1.165) is 0 Å². The van der Waals surface area contributed by atoms with E-state index < -0.39 is 10.0 Å². The lowest BCUT2D eigenvalue weighted by molar-refractivity contribution is -0.114. The molecule has 4 N–H and O–H groups in total. The normalized spacial score (nSPS) is 10.9. The molecule has 0 aliphatic carbocycles. The van der Waals surface area contributed by atoms with E-state index >= 15 is 0 Å². The molecule has 1 heterocycles. The van der Waals surface area contributed by atoms with Crippen molar-refractivity contribution < 1.29 is 18.3 Å². The summed E-state index contributed by atoms with van der Waals surface area (Å²) in [7, 11) is -3.86. The van der Waals surface area contributed by atoms with E-state index in [1.54, 1.807) is 24.3 Å². The Labute approximate surface area is 162 Å². The van der Waals surface area contributed by atoms with Crippen molar-refractivity contribution in [3.05, 3.63) is 66.9 Å². The highest BCUT2D eigenvalue weighted by Crippen LogP contribution is 2.26. The molecule has 0 radical (unpaired) electrons. The second-order valence-corrected chi connectivity index (χ2v) is 7.56. The lowest BCUT2D eigenvalue weighted by atomic mass is 10.3. The molecule has 0 atom stereocenters. The van der Waals surface area contributed by atoms with Crippen LogP contribution in [0.5, 0.6) is 5.75 Å². The van der Waals surface area contributed by atoms with Gasteiger partial charge in [-0.3, -0.25) is 9.52 Å². The largest absolute Gasteiger partial charge is 0.508 e. The molecule has 28 heavy (non-hydrogen) atoms. The first-order chi connectivity index (χ1) is 13.3. The van der Waals surface area contributed by atoms with Crippen molar-refractivity contribution in [2.75, 3.05) is 15.4 Å². The minimum Gasteiger partial charge on any atom is -0.508 e. The Morgan fingerprint density at radius 1 is 0.964 bits per heavy atom. The summed E-state index contributed by atoms with van der Waals surface area (Å²) < 4.78 is 27.9. The van der Waals surface area contributed by atoms with Gasteiger partial charge in [0.15, 0.2) is 5.82 Å². The Morgan fingerprint density at radius 2 is 1.61 bits per heavy atom. The van der Waals surface area contributed by atoms with Crippen molar-refractivity contribution in [3.8, 4) is 5.75 Å². The van der Waals surface area contributed by atoms with Crippen molar-refractivity contribution in [1.82, 2.24) is 4.98 Å². The van der Waals surface area contributed by atoms with Gasteiger partial charge in [0, 0.05) is 24.5 Å². The maximum absolute atomic E-state index is 12.7. The molecule has 1 aromatic heterocycles. The molecule has 0 saturated carbocycles. The lowest BCUT2D eigenvalue weighted by Gasteiger charge is -2.13. The summed E-state index contributed by atoms with van der Waals surface area (Å²) in [6.07, 6.45) is 1.53. The number of nitrogens with one attached hydrogen (secondary N) is 3. The number of aromatic nitrogens is 1. The van der Waals surface area contributed by atoms with Gasteiger partial charge in [0.05, 0.1) is 10.6 Å². The molecule has 3 aromatic rings. The summed E-state index contributed by atoms with van der Waals surface area (Å²) >= 11 is 0. The van der Waals surface area contributed by atoms with Crippen molar-refractivity contribution in [1.29, 1.82) is 0 Å². The Morgan fingerprint density at radius 3 is 2.25 bits per heavy atom. The molecular formula is C19H18N4O4S. The number of amides is 1. The zero-order valence-electron chi connectivity index (χ0n) is 14.9. The van der Waals surface area contributed by atoms with Crippen molar-refractivity contribution in [2.45, 2.75) is 11.8 Å². The van der Waals surface area contributed by atoms with Gasteiger partial charge in [-0.2, -0.15) is 0 Å². The van der Waals surface area contributed by atoms with E-state index in [4.69, 9.17) is 0 Å². The van der Waals surface area contributed by atoms with Crippen LogP contribution in [0.1, 0.15) is 6.92 Å². The van der Waals surface area contributed by atoms with Gasteiger partial charge < -0.3 is 15.7 Å². The van der Waals surface area contributed by atoms with Crippen LogP contribution >= 0.6 is 0 Å². The first-order valence-electron chi connectivity index (χ1n) is 8.25. The van der Waals surface area contributed by atoms with Crippen LogP contribution in [0, 0.1) is 0 Å². The van der Waals surface area contributed by atoms with E-state index in [1.807, 2.05) is 0 Å². The Kier molecular flexibility index (Phi) is 5.46. The molecule has 0 fully saturated rings. The fourth-order valence-corrected chi connectivity index (χ4v) is 3.46. The standard InChI is InChI=1S/C19H18N4O4S/c1-13(24)21-14-6-10-17(11-7-14)28(26,27)23-18-3-2-12-20-19(18)22-15-4-8-16(25)9-5-15/h2-12,23,25H,1H3,(H,20,22)(H,21,24). The van der Waals surface area contributed by atoms with E-state index in [1.165, 1.54) is 49.5 Å². The van der Waals surface area contributed by atoms with Gasteiger partial charge in [-0.05, 0) is 60.7 Å². The number of hydrogen-bond donors (Lipinski definition) is 4. The minimum atomic E-state index is -3.86. The quantitative estimate of drug-likeness (QED) is 0.473. The number of phenolic OH excluding ortho intramolecular Hbond substituents is 1. The van der Waals surface area contributed by atoms with Gasteiger partial charge in [-0.25, -0.2) is 13.4 Å². The highest BCUT2D eigenvalue weighted by atomic mass is 32.2. The van der Waals surface area contributed by atoms with Crippen molar-refractivity contribution in [2.24, 2.45) is 0 Å². The fraction of sp³-hybridized carbons (Fsp3) is 0.0526. The second kappa shape index (κ2) is 7.97. The van der Waals surface area contributed by atoms with E-state index in [9.17, 15) is 18.3 Å². The van der Waals surface area contributed by atoms with Gasteiger partial charge in [-0.15, -0.1) is 0 Å². The fourth-order valence-electron chi connectivity index (χ4n) is 2.39. The van der Waals surface area contributed by atoms with Crippen LogP contribution in [0.25, 0.3) is 0 Å². The van der Waals surface area contributed by atoms with Crippen LogP contribution in [0.2, 0.25) is 0 Å². The van der Waals surface area contributed by atoms with Crippen LogP contribution in [0.3, 0.4) is 0 Å². The summed E-state index contributed by atoms with van der Waals surface area (Å²) in [6.45, 7) is 1.37. The first-order valence-corrected chi connectivity index (χ1v) is 9.73. The topological polar surface area (TPSA) is 120 Å². The molecular weight excluding hydrogens is 380 g/mol. The maximum Gasteiger partial charge on any atom is 0.262 e. The number of aromatic hydroxyl groups is 1. The molecule has 1 amide bonds. The Hall–Kier alpha value is -3.59. The molecule has 2 aromatic carbocycles. The van der Waals surface area contributed by atoms with Crippen LogP contribution in [0.4, 0.5) is 22.9 Å². The van der Waals surface area contributed by atoms with E-state index in [-0.39, 0.29) is 22.2 Å². The first kappa shape index (κ1) is 19.2. The number of phenols is 1. The smallest absolute Gasteiger partial charge is 0.262 e. The van der Waals surface area contributed by atoms with Gasteiger partial charge in [0.2, 0.25) is 5.91 Å². The summed E-state index contributed by atoms with van der Waals surface area (Å²) in [5.41, 5.74) is 1.40. The molecule has 9 heteroatoms. The summed E-state index contributed by atoms with van der Waals surface area (Å²) in [6, 6.07) is 15.3. The lowest BCUT2D eigenvalue weighted by Crippen LogP contribution is -2.14. The number of anilines is 4. The number of pyridine rings is 1. The summed E-state index contributed by atoms with van der Waals surface area (Å²) in [4.78, 5) is 15.3. The maximum atomic E-state index is 12.7. The monoisotopic (exact) mass is 398 g/mol. The Bertz CT molecular complexity index is 1080. The Balaban J connectivity index is 1.82. The highest BCUT2D eigenvalue weighted by molar-refractivity contribution is 7.92. The van der Waals surface area contributed by atoms with Gasteiger partial charge in [-0.1, -0.05) is 0 Å². The average Bonchev–Trinajstić information content (AvgIpc) is 2.65. The van der Waals surface area contributed by atoms with Crippen LogP contribution in [0.15, 0.2) is 71.8 Å². The number of hydrogen-bond acceptors (Lipinski definition) is 6. The minimum absolute atomic E-state index is 0.0426. The van der Waals surface area contributed by atoms with E-state index in [0.29, 0.717) is 17.2 Å². The number of carbonyl (C=O) groups excluding carboxylic acids is 1. The summed E-state index contributed by atoms with van der Waals surface area (Å²) in [5.74, 6) is 0.191. The third-order valence-electron chi connectivity index (χ3n) is 3.67. The number of carbonyl (C=O) groups is 1. The third-order valence-corrected chi connectivity index (χ3v) is 5.05. The molecule has 0 unspecified atom stereocenters. The number of benzene rings is 2. The van der Waals surface area contributed by atoms with Crippen LogP contribution in [-0.2, 0) is 14.8 Å². The highest BCUT2D eigenvalue weighted by Gasteiger charge is 2.17. The SMILES string of the molecule is CC(=O)Nc1ccc(S(=O)(=O)Nc2cccnc2Nc2ccc(O)cc2)cc1. The number of sulfonamides is 1. The van der Waals surface area contributed by atoms with Gasteiger partial charge in [0.25, 0.3) is 10.0 Å². The zero-order chi connectivity index (χ0) is 20.1. The molecule has 0 aliphatic rings. The second-order valence-electron chi connectivity index (χ2n) is 5.88. The number of rotatable bonds is 6. The van der Waals surface area contributed by atoms with E-state index in [2.05, 4.69) is 20.3 Å². The number of nitrogens with zero attached hydrogens (tertiary/aromatic N) is 1. The van der Waals surface area contributed by atoms with Crippen LogP contribution in [-0.4, -0.2) is 24.4 Å². The molecule has 144 valence electrons. The molecule has 0 spiro atoms. The predicted octanol–water partition coefficient (Wildman–Crippen LogP) is 3.29. The van der Waals surface area contributed by atoms with Gasteiger partial charge in [0.1, 0.15) is 5.75 Å². The molecule has 8 nitrogen and oxygen atoms in total. The molecule has 0 aliphatic heterocycles. The predicted molar refractivity (Wildman–Crippen MR) is 107 cm³/mol. The molecule has 0 bridgehead atoms.